The van der Waals surface area contributed by atoms with Crippen LogP contribution in [0.1, 0.15) is 26.5 Å². The van der Waals surface area contributed by atoms with E-state index in [4.69, 9.17) is 4.42 Å². The number of rotatable bonds is 2. The summed E-state index contributed by atoms with van der Waals surface area (Å²) >= 11 is -1.27. The second kappa shape index (κ2) is 4.50. The standard InChI is InChI=1S/C12H14N2O2S/c1-12(2,3)17(15)14-8-10-6-9-7-13-5-4-11(9)16-10/h4-8H,1-3H3/b14-8+. The molecule has 0 bridgehead atoms. The molecule has 4 nitrogen and oxygen atoms in total. The first-order valence-corrected chi connectivity index (χ1v) is 6.37. The zero-order valence-electron chi connectivity index (χ0n) is 10.0. The maximum absolute atomic E-state index is 11.7. The van der Waals surface area contributed by atoms with Crippen molar-refractivity contribution in [1.82, 2.24) is 4.98 Å². The quantitative estimate of drug-likeness (QED) is 0.608. The Labute approximate surface area is 103 Å². The fraction of sp³-hybridized carbons (Fsp3) is 0.333. The van der Waals surface area contributed by atoms with Gasteiger partial charge >= 0.3 is 0 Å². The Morgan fingerprint density at radius 3 is 2.88 bits per heavy atom. The molecule has 1 atom stereocenters. The normalized spacial score (nSPS) is 14.6. The van der Waals surface area contributed by atoms with E-state index in [1.54, 1.807) is 18.5 Å². The average Bonchev–Trinajstić information content (AvgIpc) is 2.66. The molecule has 17 heavy (non-hydrogen) atoms. The minimum absolute atomic E-state index is 0.357. The van der Waals surface area contributed by atoms with Crippen molar-refractivity contribution in [2.45, 2.75) is 25.5 Å². The lowest BCUT2D eigenvalue weighted by molar-refractivity contribution is 0.561. The monoisotopic (exact) mass is 250 g/mol. The Balaban J connectivity index is 2.21. The zero-order valence-corrected chi connectivity index (χ0v) is 10.8. The lowest BCUT2D eigenvalue weighted by Crippen LogP contribution is -2.25. The molecule has 5 heteroatoms. The molecule has 2 aromatic rings. The topological polar surface area (TPSA) is 61.5 Å². The van der Waals surface area contributed by atoms with Crippen LogP contribution in [0.15, 0.2) is 33.3 Å². The Kier molecular flexibility index (Phi) is 3.22. The summed E-state index contributed by atoms with van der Waals surface area (Å²) in [6.45, 7) is 5.63. The summed E-state index contributed by atoms with van der Waals surface area (Å²) < 4.78 is 20.9. The van der Waals surface area contributed by atoms with Gasteiger partial charge in [0.25, 0.3) is 0 Å². The molecule has 0 spiro atoms. The van der Waals surface area contributed by atoms with Gasteiger partial charge < -0.3 is 8.97 Å². The van der Waals surface area contributed by atoms with Crippen LogP contribution >= 0.6 is 0 Å². The van der Waals surface area contributed by atoms with Crippen molar-refractivity contribution in [3.05, 3.63) is 30.3 Å². The highest BCUT2D eigenvalue weighted by molar-refractivity contribution is 7.91. The van der Waals surface area contributed by atoms with E-state index < -0.39 is 11.4 Å². The first-order valence-electron chi connectivity index (χ1n) is 5.26. The van der Waals surface area contributed by atoms with E-state index in [1.807, 2.05) is 26.8 Å². The van der Waals surface area contributed by atoms with E-state index >= 15 is 0 Å². The highest BCUT2D eigenvalue weighted by atomic mass is 32.2. The predicted octanol–water partition coefficient (Wildman–Crippen LogP) is 2.71. The molecule has 0 aliphatic carbocycles. The van der Waals surface area contributed by atoms with Crippen LogP contribution in [-0.2, 0) is 11.4 Å². The van der Waals surface area contributed by atoms with Gasteiger partial charge in [-0.25, -0.2) is 0 Å². The van der Waals surface area contributed by atoms with Crippen LogP contribution in [0.4, 0.5) is 0 Å². The van der Waals surface area contributed by atoms with Crippen molar-refractivity contribution >= 4 is 28.5 Å². The summed E-state index contributed by atoms with van der Waals surface area (Å²) in [5.41, 5.74) is 0.753. The van der Waals surface area contributed by atoms with E-state index in [9.17, 15) is 4.55 Å². The van der Waals surface area contributed by atoms with Crippen molar-refractivity contribution in [3.63, 3.8) is 0 Å². The number of fused-ring (bicyclic) bond motifs is 1. The molecule has 0 saturated heterocycles. The molecule has 0 N–H and O–H groups in total. The van der Waals surface area contributed by atoms with Gasteiger partial charge in [0.2, 0.25) is 0 Å². The molecule has 0 radical (unpaired) electrons. The molecule has 0 aliphatic heterocycles. The van der Waals surface area contributed by atoms with Gasteiger partial charge in [-0.2, -0.15) is 0 Å². The highest BCUT2D eigenvalue weighted by Gasteiger charge is 2.25. The fourth-order valence-corrected chi connectivity index (χ4v) is 1.74. The maximum Gasteiger partial charge on any atom is 0.151 e. The first kappa shape index (κ1) is 12.1. The Morgan fingerprint density at radius 1 is 1.47 bits per heavy atom. The minimum Gasteiger partial charge on any atom is -0.591 e. The highest BCUT2D eigenvalue weighted by Crippen LogP contribution is 2.19. The number of hydrogen-bond acceptors (Lipinski definition) is 4. The molecule has 2 aromatic heterocycles. The molecule has 0 saturated carbocycles. The number of pyridine rings is 1. The second-order valence-corrected chi connectivity index (χ2v) is 6.59. The Bertz CT molecular complexity index is 510. The molecular formula is C12H14N2O2S. The summed E-state index contributed by atoms with van der Waals surface area (Å²) in [5, 5.41) is 0.912. The third-order valence-electron chi connectivity index (χ3n) is 2.14. The predicted molar refractivity (Wildman–Crippen MR) is 69.5 cm³/mol. The van der Waals surface area contributed by atoms with E-state index in [0.29, 0.717) is 5.76 Å². The van der Waals surface area contributed by atoms with Crippen LogP contribution in [0.25, 0.3) is 11.0 Å². The van der Waals surface area contributed by atoms with E-state index in [-0.39, 0.29) is 4.75 Å². The van der Waals surface area contributed by atoms with Gasteiger partial charge in [-0.05, 0) is 32.9 Å². The number of furan rings is 1. The van der Waals surface area contributed by atoms with Gasteiger partial charge in [-0.15, -0.1) is 0 Å². The van der Waals surface area contributed by atoms with Gasteiger partial charge in [-0.3, -0.25) is 4.98 Å². The van der Waals surface area contributed by atoms with Crippen LogP contribution in [0.2, 0.25) is 0 Å². The molecule has 1 unspecified atom stereocenters. The van der Waals surface area contributed by atoms with Crippen molar-refractivity contribution < 1.29 is 8.97 Å². The first-order chi connectivity index (χ1) is 7.97. The second-order valence-electron chi connectivity index (χ2n) is 4.66. The Hall–Kier alpha value is -1.33. The minimum atomic E-state index is -1.27. The average molecular weight is 250 g/mol. The third kappa shape index (κ3) is 2.87. The molecule has 0 amide bonds. The summed E-state index contributed by atoms with van der Waals surface area (Å²) in [6.07, 6.45) is 4.89. The van der Waals surface area contributed by atoms with E-state index in [0.717, 1.165) is 11.0 Å². The van der Waals surface area contributed by atoms with Crippen molar-refractivity contribution in [1.29, 1.82) is 0 Å². The third-order valence-corrected chi connectivity index (χ3v) is 3.48. The van der Waals surface area contributed by atoms with Crippen LogP contribution < -0.4 is 0 Å². The molecule has 2 rings (SSSR count). The van der Waals surface area contributed by atoms with E-state index in [1.165, 1.54) is 6.21 Å². The molecule has 0 aromatic carbocycles. The smallest absolute Gasteiger partial charge is 0.151 e. The molecule has 90 valence electrons. The molecule has 0 fully saturated rings. The van der Waals surface area contributed by atoms with Gasteiger partial charge in [0.15, 0.2) is 5.76 Å². The zero-order chi connectivity index (χ0) is 12.5. The summed E-state index contributed by atoms with van der Waals surface area (Å²) in [7, 11) is 0. The van der Waals surface area contributed by atoms with Gasteiger partial charge in [0.05, 0.1) is 0 Å². The summed E-state index contributed by atoms with van der Waals surface area (Å²) in [6, 6.07) is 3.61. The van der Waals surface area contributed by atoms with Crippen molar-refractivity contribution in [3.8, 4) is 0 Å². The van der Waals surface area contributed by atoms with Gasteiger partial charge in [-0.1, -0.05) is 4.40 Å². The SMILES string of the molecule is CC(C)(C)[S+]([O-])/N=C/c1cc2cnccc2o1. The van der Waals surface area contributed by atoms with Crippen molar-refractivity contribution in [2.75, 3.05) is 0 Å². The molecular weight excluding hydrogens is 236 g/mol. The number of nitrogens with zero attached hydrogens (tertiary/aromatic N) is 2. The van der Waals surface area contributed by atoms with Crippen LogP contribution in [0, 0.1) is 0 Å². The van der Waals surface area contributed by atoms with Crippen LogP contribution in [-0.4, -0.2) is 20.5 Å². The number of aromatic nitrogens is 1. The Morgan fingerprint density at radius 2 is 2.24 bits per heavy atom. The molecule has 2 heterocycles. The van der Waals surface area contributed by atoms with Gasteiger partial charge in [0, 0.05) is 17.8 Å². The lowest BCUT2D eigenvalue weighted by Gasteiger charge is -2.17. The lowest BCUT2D eigenvalue weighted by atomic mass is 10.3. The fourth-order valence-electron chi connectivity index (χ4n) is 1.23. The number of hydrogen-bond donors (Lipinski definition) is 0. The molecule has 0 aliphatic rings. The summed E-state index contributed by atoms with van der Waals surface area (Å²) in [4.78, 5) is 4.00. The van der Waals surface area contributed by atoms with Gasteiger partial charge in [0.1, 0.15) is 27.9 Å². The van der Waals surface area contributed by atoms with Crippen LogP contribution in [0.3, 0.4) is 0 Å². The largest absolute Gasteiger partial charge is 0.591 e. The van der Waals surface area contributed by atoms with Crippen molar-refractivity contribution in [2.24, 2.45) is 4.40 Å². The summed E-state index contributed by atoms with van der Waals surface area (Å²) in [5.74, 6) is 0.589. The maximum atomic E-state index is 11.7. The van der Waals surface area contributed by atoms with E-state index in [2.05, 4.69) is 9.38 Å². The van der Waals surface area contributed by atoms with Crippen LogP contribution in [0.5, 0.6) is 0 Å².